The average Bonchev–Trinajstić information content (AvgIpc) is 2.51. The second-order valence-electron chi connectivity index (χ2n) is 7.94. The molecule has 0 spiro atoms. The molecule has 0 radical (unpaired) electrons. The standard InChI is InChI=1S/C22H44/c1-5-7-8-9-10-11-12-13-14-15-16-17-18-19-20-21-22(3,4)6-2/h5H,1,6-21H2,2-4H3. The minimum atomic E-state index is 0.575. The molecule has 0 bridgehead atoms. The van der Waals surface area contributed by atoms with E-state index < -0.39 is 0 Å². The molecule has 0 aromatic carbocycles. The van der Waals surface area contributed by atoms with Crippen LogP contribution in [0.3, 0.4) is 0 Å². The molecular weight excluding hydrogens is 264 g/mol. The van der Waals surface area contributed by atoms with Crippen molar-refractivity contribution < 1.29 is 0 Å². The number of allylic oxidation sites excluding steroid dienone is 1. The number of unbranched alkanes of at least 4 members (excludes halogenated alkanes) is 13. The second kappa shape index (κ2) is 15.6. The summed E-state index contributed by atoms with van der Waals surface area (Å²) in [6, 6.07) is 0. The molecule has 0 aromatic heterocycles. The van der Waals surface area contributed by atoms with Crippen molar-refractivity contribution >= 4 is 0 Å². The first-order chi connectivity index (χ1) is 10.6. The predicted molar refractivity (Wildman–Crippen MR) is 104 cm³/mol. The van der Waals surface area contributed by atoms with Gasteiger partial charge in [0.05, 0.1) is 0 Å². The summed E-state index contributed by atoms with van der Waals surface area (Å²) in [4.78, 5) is 0. The molecule has 0 aliphatic carbocycles. The molecule has 0 aliphatic rings. The van der Waals surface area contributed by atoms with Crippen molar-refractivity contribution in [1.29, 1.82) is 0 Å². The van der Waals surface area contributed by atoms with Crippen molar-refractivity contribution in [3.63, 3.8) is 0 Å². The van der Waals surface area contributed by atoms with Gasteiger partial charge in [-0.1, -0.05) is 110 Å². The van der Waals surface area contributed by atoms with Crippen LogP contribution in [-0.4, -0.2) is 0 Å². The summed E-state index contributed by atoms with van der Waals surface area (Å²) in [7, 11) is 0. The Hall–Kier alpha value is -0.260. The van der Waals surface area contributed by atoms with Gasteiger partial charge < -0.3 is 0 Å². The van der Waals surface area contributed by atoms with E-state index in [-0.39, 0.29) is 0 Å². The van der Waals surface area contributed by atoms with Crippen LogP contribution in [0.5, 0.6) is 0 Å². The fourth-order valence-electron chi connectivity index (χ4n) is 3.01. The molecule has 0 rings (SSSR count). The first-order valence-corrected chi connectivity index (χ1v) is 10.2. The van der Waals surface area contributed by atoms with E-state index in [1.54, 1.807) is 0 Å². The highest BCUT2D eigenvalue weighted by atomic mass is 14.2. The van der Waals surface area contributed by atoms with Gasteiger partial charge in [0.2, 0.25) is 0 Å². The average molecular weight is 309 g/mol. The van der Waals surface area contributed by atoms with Crippen LogP contribution in [0.1, 0.15) is 124 Å². The van der Waals surface area contributed by atoms with E-state index in [2.05, 4.69) is 27.4 Å². The molecule has 132 valence electrons. The number of hydrogen-bond acceptors (Lipinski definition) is 0. The first-order valence-electron chi connectivity index (χ1n) is 10.2. The highest BCUT2D eigenvalue weighted by Crippen LogP contribution is 2.27. The molecule has 0 heterocycles. The highest BCUT2D eigenvalue weighted by molar-refractivity contribution is 4.66. The number of rotatable bonds is 17. The van der Waals surface area contributed by atoms with Gasteiger partial charge in [-0.05, 0) is 24.7 Å². The molecule has 0 saturated heterocycles. The summed E-state index contributed by atoms with van der Waals surface area (Å²) in [6.45, 7) is 10.9. The summed E-state index contributed by atoms with van der Waals surface area (Å²) in [5.74, 6) is 0. The fourth-order valence-corrected chi connectivity index (χ4v) is 3.01. The third-order valence-corrected chi connectivity index (χ3v) is 5.22. The third-order valence-electron chi connectivity index (χ3n) is 5.22. The quantitative estimate of drug-likeness (QED) is 0.187. The second-order valence-corrected chi connectivity index (χ2v) is 7.94. The summed E-state index contributed by atoms with van der Waals surface area (Å²) in [6.07, 6.45) is 24.8. The van der Waals surface area contributed by atoms with Crippen molar-refractivity contribution in [2.24, 2.45) is 5.41 Å². The van der Waals surface area contributed by atoms with Crippen LogP contribution >= 0.6 is 0 Å². The van der Waals surface area contributed by atoms with Crippen molar-refractivity contribution in [3.05, 3.63) is 12.7 Å². The van der Waals surface area contributed by atoms with Gasteiger partial charge >= 0.3 is 0 Å². The van der Waals surface area contributed by atoms with Crippen molar-refractivity contribution in [2.75, 3.05) is 0 Å². The lowest BCUT2D eigenvalue weighted by Gasteiger charge is -2.22. The molecule has 0 atom stereocenters. The Labute approximate surface area is 142 Å². The Morgan fingerprint density at radius 2 is 1.00 bits per heavy atom. The maximum Gasteiger partial charge on any atom is -0.0353 e. The van der Waals surface area contributed by atoms with Crippen molar-refractivity contribution in [1.82, 2.24) is 0 Å². The van der Waals surface area contributed by atoms with Gasteiger partial charge in [-0.15, -0.1) is 6.58 Å². The zero-order valence-electron chi connectivity index (χ0n) is 16.1. The lowest BCUT2D eigenvalue weighted by Crippen LogP contribution is -2.08. The van der Waals surface area contributed by atoms with E-state index in [9.17, 15) is 0 Å². The monoisotopic (exact) mass is 308 g/mol. The normalized spacial score (nSPS) is 11.8. The Balaban J connectivity index is 3.07. The van der Waals surface area contributed by atoms with Crippen molar-refractivity contribution in [2.45, 2.75) is 124 Å². The van der Waals surface area contributed by atoms with E-state index in [1.165, 1.54) is 103 Å². The van der Waals surface area contributed by atoms with Crippen LogP contribution < -0.4 is 0 Å². The van der Waals surface area contributed by atoms with Crippen molar-refractivity contribution in [3.8, 4) is 0 Å². The largest absolute Gasteiger partial charge is 0.103 e. The van der Waals surface area contributed by atoms with E-state index in [0.717, 1.165) is 0 Å². The molecule has 0 aromatic rings. The Morgan fingerprint density at radius 1 is 0.636 bits per heavy atom. The summed E-state index contributed by atoms with van der Waals surface area (Å²) in [5.41, 5.74) is 0.575. The molecule has 0 fully saturated rings. The minimum absolute atomic E-state index is 0.575. The Kier molecular flexibility index (Phi) is 15.4. The zero-order valence-corrected chi connectivity index (χ0v) is 16.1. The molecule has 0 aliphatic heterocycles. The lowest BCUT2D eigenvalue weighted by atomic mass is 9.84. The van der Waals surface area contributed by atoms with Crippen LogP contribution in [0.25, 0.3) is 0 Å². The highest BCUT2D eigenvalue weighted by Gasteiger charge is 2.13. The topological polar surface area (TPSA) is 0 Å². The maximum absolute atomic E-state index is 3.77. The fraction of sp³-hybridized carbons (Fsp3) is 0.909. The Morgan fingerprint density at radius 3 is 1.36 bits per heavy atom. The SMILES string of the molecule is C=CCCCCCCCCCCCCCCCC(C)(C)CC. The predicted octanol–water partition coefficient (Wildman–Crippen LogP) is 8.46. The van der Waals surface area contributed by atoms with Gasteiger partial charge in [0.25, 0.3) is 0 Å². The van der Waals surface area contributed by atoms with Gasteiger partial charge in [-0.25, -0.2) is 0 Å². The molecular formula is C22H44. The van der Waals surface area contributed by atoms with E-state index >= 15 is 0 Å². The summed E-state index contributed by atoms with van der Waals surface area (Å²) >= 11 is 0. The zero-order chi connectivity index (χ0) is 16.5. The van der Waals surface area contributed by atoms with Gasteiger partial charge in [0.15, 0.2) is 0 Å². The van der Waals surface area contributed by atoms with E-state index in [0.29, 0.717) is 5.41 Å². The number of hydrogen-bond donors (Lipinski definition) is 0. The van der Waals surface area contributed by atoms with Gasteiger partial charge in [-0.2, -0.15) is 0 Å². The lowest BCUT2D eigenvalue weighted by molar-refractivity contribution is 0.307. The van der Waals surface area contributed by atoms with Crippen LogP contribution in [0, 0.1) is 5.41 Å². The van der Waals surface area contributed by atoms with Crippen LogP contribution in [-0.2, 0) is 0 Å². The summed E-state index contributed by atoms with van der Waals surface area (Å²) in [5, 5.41) is 0. The molecule has 0 N–H and O–H groups in total. The van der Waals surface area contributed by atoms with Gasteiger partial charge in [-0.3, -0.25) is 0 Å². The molecule has 22 heavy (non-hydrogen) atoms. The third kappa shape index (κ3) is 16.1. The van der Waals surface area contributed by atoms with Gasteiger partial charge in [0.1, 0.15) is 0 Å². The molecule has 0 heteroatoms. The smallest absolute Gasteiger partial charge is 0.0353 e. The van der Waals surface area contributed by atoms with E-state index in [4.69, 9.17) is 0 Å². The molecule has 0 nitrogen and oxygen atoms in total. The molecule has 0 saturated carbocycles. The maximum atomic E-state index is 3.77. The first kappa shape index (κ1) is 21.7. The molecule has 0 amide bonds. The van der Waals surface area contributed by atoms with Gasteiger partial charge in [0, 0.05) is 0 Å². The van der Waals surface area contributed by atoms with Crippen LogP contribution in [0.2, 0.25) is 0 Å². The Bertz CT molecular complexity index is 226. The minimum Gasteiger partial charge on any atom is -0.103 e. The van der Waals surface area contributed by atoms with Crippen LogP contribution in [0.4, 0.5) is 0 Å². The summed E-state index contributed by atoms with van der Waals surface area (Å²) < 4.78 is 0. The van der Waals surface area contributed by atoms with E-state index in [1.807, 2.05) is 6.08 Å². The van der Waals surface area contributed by atoms with Crippen LogP contribution in [0.15, 0.2) is 12.7 Å². The molecule has 0 unspecified atom stereocenters.